The Bertz CT molecular complexity index is 535. The third-order valence-corrected chi connectivity index (χ3v) is 4.42. The van der Waals surface area contributed by atoms with Crippen LogP contribution in [0.3, 0.4) is 0 Å². The van der Waals surface area contributed by atoms with Crippen LogP contribution in [0.15, 0.2) is 28.5 Å². The van der Waals surface area contributed by atoms with Crippen molar-refractivity contribution in [3.63, 3.8) is 0 Å². The lowest BCUT2D eigenvalue weighted by atomic mass is 10.1. The van der Waals surface area contributed by atoms with E-state index < -0.39 is 0 Å². The van der Waals surface area contributed by atoms with Gasteiger partial charge in [0.1, 0.15) is 5.17 Å². The Labute approximate surface area is 156 Å². The zero-order valence-corrected chi connectivity index (χ0v) is 16.1. The number of nitrogens with one attached hydrogen (secondary N) is 1. The number of unbranched alkanes of at least 4 members (excludes halogenated alkanes) is 1. The molecular formula is C19H30ClN3O2. The molecule has 1 aliphatic carbocycles. The number of rotatable bonds is 10. The van der Waals surface area contributed by atoms with Crippen molar-refractivity contribution >= 4 is 22.9 Å². The first-order valence-corrected chi connectivity index (χ1v) is 9.75. The topological polar surface area (TPSA) is 53.9 Å². The Kier molecular flexibility index (Phi) is 8.32. The number of carbonyl (C=O) groups is 1. The zero-order chi connectivity index (χ0) is 18.1. The summed E-state index contributed by atoms with van der Waals surface area (Å²) in [6, 6.07) is 0. The van der Waals surface area contributed by atoms with E-state index in [9.17, 15) is 4.79 Å². The summed E-state index contributed by atoms with van der Waals surface area (Å²) in [6.45, 7) is 6.88. The van der Waals surface area contributed by atoms with Gasteiger partial charge in [0, 0.05) is 31.5 Å². The molecule has 0 aromatic carbocycles. The average molecular weight is 368 g/mol. The first kappa shape index (κ1) is 19.8. The Morgan fingerprint density at radius 1 is 1.48 bits per heavy atom. The number of hydrogen-bond donors (Lipinski definition) is 1. The summed E-state index contributed by atoms with van der Waals surface area (Å²) in [7, 11) is 0. The SMILES string of the molecule is CCC/C=C(NCCCN1CCCOC1=O)/C(=C\N=C(C)Cl)C1CC1. The molecule has 2 rings (SSSR count). The van der Waals surface area contributed by atoms with Gasteiger partial charge in [-0.15, -0.1) is 0 Å². The molecule has 25 heavy (non-hydrogen) atoms. The van der Waals surface area contributed by atoms with Crippen molar-refractivity contribution in [1.82, 2.24) is 10.2 Å². The lowest BCUT2D eigenvalue weighted by Gasteiger charge is -2.26. The first-order chi connectivity index (χ1) is 12.1. The number of aliphatic imine (C=N–C) groups is 1. The molecule has 2 aliphatic rings. The molecule has 1 amide bonds. The summed E-state index contributed by atoms with van der Waals surface area (Å²) < 4.78 is 5.07. The van der Waals surface area contributed by atoms with E-state index in [0.29, 0.717) is 17.7 Å². The van der Waals surface area contributed by atoms with Crippen LogP contribution in [0.4, 0.5) is 4.79 Å². The number of carbonyl (C=O) groups excluding carboxylic acids is 1. The summed E-state index contributed by atoms with van der Waals surface area (Å²) in [4.78, 5) is 17.7. The maximum Gasteiger partial charge on any atom is 0.409 e. The van der Waals surface area contributed by atoms with Gasteiger partial charge in [0.15, 0.2) is 0 Å². The molecule has 0 unspecified atom stereocenters. The smallest absolute Gasteiger partial charge is 0.409 e. The second-order valence-corrected chi connectivity index (χ2v) is 7.17. The largest absolute Gasteiger partial charge is 0.449 e. The fourth-order valence-electron chi connectivity index (χ4n) is 2.82. The fourth-order valence-corrected chi connectivity index (χ4v) is 2.87. The van der Waals surface area contributed by atoms with Crippen LogP contribution >= 0.6 is 11.6 Å². The lowest BCUT2D eigenvalue weighted by molar-refractivity contribution is 0.0726. The van der Waals surface area contributed by atoms with Gasteiger partial charge < -0.3 is 15.0 Å². The molecule has 2 fully saturated rings. The van der Waals surface area contributed by atoms with E-state index >= 15 is 0 Å². The quantitative estimate of drug-likeness (QED) is 0.352. The molecule has 6 heteroatoms. The van der Waals surface area contributed by atoms with E-state index in [0.717, 1.165) is 45.3 Å². The highest BCUT2D eigenvalue weighted by atomic mass is 35.5. The molecular weight excluding hydrogens is 338 g/mol. The van der Waals surface area contributed by atoms with Crippen LogP contribution in [0, 0.1) is 5.92 Å². The number of ether oxygens (including phenoxy) is 1. The predicted octanol–water partition coefficient (Wildman–Crippen LogP) is 4.44. The van der Waals surface area contributed by atoms with Crippen LogP contribution in [-0.2, 0) is 4.74 Å². The van der Waals surface area contributed by atoms with Gasteiger partial charge in [-0.25, -0.2) is 9.79 Å². The number of hydrogen-bond acceptors (Lipinski definition) is 4. The molecule has 140 valence electrons. The molecule has 0 radical (unpaired) electrons. The Hall–Kier alpha value is -1.49. The minimum Gasteiger partial charge on any atom is -0.449 e. The van der Waals surface area contributed by atoms with E-state index in [2.05, 4.69) is 23.3 Å². The molecule has 1 aliphatic heterocycles. The minimum absolute atomic E-state index is 0.182. The predicted molar refractivity (Wildman–Crippen MR) is 103 cm³/mol. The Morgan fingerprint density at radius 3 is 2.92 bits per heavy atom. The number of allylic oxidation sites excluding steroid dienone is 2. The van der Waals surface area contributed by atoms with E-state index in [1.165, 1.54) is 24.1 Å². The third-order valence-electron chi connectivity index (χ3n) is 4.32. The number of amides is 1. The summed E-state index contributed by atoms with van der Waals surface area (Å²) in [5.41, 5.74) is 2.43. The maximum absolute atomic E-state index is 11.7. The van der Waals surface area contributed by atoms with Crippen molar-refractivity contribution in [2.45, 2.75) is 52.4 Å². The van der Waals surface area contributed by atoms with Gasteiger partial charge in [0.05, 0.1) is 6.61 Å². The van der Waals surface area contributed by atoms with E-state index in [4.69, 9.17) is 16.3 Å². The van der Waals surface area contributed by atoms with Gasteiger partial charge in [-0.3, -0.25) is 0 Å². The molecule has 0 spiro atoms. The van der Waals surface area contributed by atoms with Gasteiger partial charge in [-0.1, -0.05) is 31.0 Å². The second-order valence-electron chi connectivity index (χ2n) is 6.63. The van der Waals surface area contributed by atoms with Gasteiger partial charge in [-0.2, -0.15) is 0 Å². The Morgan fingerprint density at radius 2 is 2.28 bits per heavy atom. The zero-order valence-electron chi connectivity index (χ0n) is 15.4. The maximum atomic E-state index is 11.7. The van der Waals surface area contributed by atoms with Crippen molar-refractivity contribution in [2.24, 2.45) is 10.9 Å². The molecule has 1 saturated carbocycles. The van der Waals surface area contributed by atoms with Gasteiger partial charge in [0.25, 0.3) is 0 Å². The summed E-state index contributed by atoms with van der Waals surface area (Å²) in [5.74, 6) is 0.590. The van der Waals surface area contributed by atoms with Crippen LogP contribution in [0.2, 0.25) is 0 Å². The van der Waals surface area contributed by atoms with Crippen LogP contribution < -0.4 is 5.32 Å². The van der Waals surface area contributed by atoms with Crippen LogP contribution in [0.5, 0.6) is 0 Å². The van der Waals surface area contributed by atoms with Gasteiger partial charge in [-0.05, 0) is 50.5 Å². The normalized spacial score (nSPS) is 19.9. The Balaban J connectivity index is 1.89. The summed E-state index contributed by atoms with van der Waals surface area (Å²) in [6.07, 6.45) is 10.4. The van der Waals surface area contributed by atoms with Crippen molar-refractivity contribution in [3.05, 3.63) is 23.5 Å². The first-order valence-electron chi connectivity index (χ1n) is 9.38. The summed E-state index contributed by atoms with van der Waals surface area (Å²) in [5, 5.41) is 4.11. The minimum atomic E-state index is -0.182. The third kappa shape index (κ3) is 7.10. The van der Waals surface area contributed by atoms with Gasteiger partial charge in [0.2, 0.25) is 0 Å². The average Bonchev–Trinajstić information content (AvgIpc) is 3.42. The number of nitrogens with zero attached hydrogens (tertiary/aromatic N) is 2. The van der Waals surface area contributed by atoms with Crippen molar-refractivity contribution in [1.29, 1.82) is 0 Å². The van der Waals surface area contributed by atoms with E-state index in [-0.39, 0.29) is 6.09 Å². The molecule has 1 saturated heterocycles. The number of halogens is 1. The van der Waals surface area contributed by atoms with Crippen molar-refractivity contribution < 1.29 is 9.53 Å². The van der Waals surface area contributed by atoms with Crippen molar-refractivity contribution in [2.75, 3.05) is 26.2 Å². The second kappa shape index (κ2) is 10.5. The van der Waals surface area contributed by atoms with Crippen LogP contribution in [-0.4, -0.2) is 42.4 Å². The van der Waals surface area contributed by atoms with E-state index in [1.54, 1.807) is 11.8 Å². The molecule has 0 aromatic heterocycles. The fraction of sp³-hybridized carbons (Fsp3) is 0.684. The molecule has 0 aromatic rings. The lowest BCUT2D eigenvalue weighted by Crippen LogP contribution is -2.39. The standard InChI is InChI=1S/C19H30ClN3O2/c1-3-4-7-18(17(16-8-9-16)14-22-15(2)20)21-10-5-11-23-12-6-13-25-19(23)24/h7,14,16,21H,3-6,8-13H2,1-2H3/b17-14-,18-7-,22-15?. The molecule has 0 atom stereocenters. The van der Waals surface area contributed by atoms with Crippen LogP contribution in [0.1, 0.15) is 52.4 Å². The number of cyclic esters (lactones) is 1. The van der Waals surface area contributed by atoms with Gasteiger partial charge >= 0.3 is 6.09 Å². The highest BCUT2D eigenvalue weighted by Crippen LogP contribution is 2.39. The molecule has 5 nitrogen and oxygen atoms in total. The van der Waals surface area contributed by atoms with Crippen molar-refractivity contribution in [3.8, 4) is 0 Å². The molecule has 1 N–H and O–H groups in total. The van der Waals surface area contributed by atoms with Crippen LogP contribution in [0.25, 0.3) is 0 Å². The highest BCUT2D eigenvalue weighted by Gasteiger charge is 2.28. The highest BCUT2D eigenvalue weighted by molar-refractivity contribution is 6.64. The monoisotopic (exact) mass is 367 g/mol. The molecule has 0 bridgehead atoms. The molecule has 1 heterocycles. The summed E-state index contributed by atoms with van der Waals surface area (Å²) >= 11 is 5.90. The van der Waals surface area contributed by atoms with E-state index in [1.807, 2.05) is 6.20 Å².